The van der Waals surface area contributed by atoms with E-state index in [0.717, 1.165) is 12.1 Å². The van der Waals surface area contributed by atoms with Crippen LogP contribution in [0.15, 0.2) is 42.9 Å². The number of carbonyl (C=O) groups excluding carboxylic acids is 1. The van der Waals surface area contributed by atoms with Crippen molar-refractivity contribution in [3.05, 3.63) is 71.4 Å². The first-order valence-electron chi connectivity index (χ1n) is 8.10. The summed E-state index contributed by atoms with van der Waals surface area (Å²) in [6.45, 7) is 0.0490. The van der Waals surface area contributed by atoms with Gasteiger partial charge in [-0.15, -0.1) is 17.0 Å². The highest BCUT2D eigenvalue weighted by Crippen LogP contribution is 2.27. The zero-order chi connectivity index (χ0) is 20.3. The second-order valence-electron chi connectivity index (χ2n) is 5.83. The molecule has 1 amide bonds. The SMILES string of the molecule is Br.COc1ccc(C(=O)Nc2cn(Cc3cc(F)c(F)c(F)c3)cn2)cc1OC. The van der Waals surface area contributed by atoms with E-state index in [1.807, 2.05) is 0 Å². The Balaban J connectivity index is 0.00000300. The van der Waals surface area contributed by atoms with Crippen molar-refractivity contribution in [2.24, 2.45) is 0 Å². The van der Waals surface area contributed by atoms with Gasteiger partial charge in [0.15, 0.2) is 34.8 Å². The van der Waals surface area contributed by atoms with Gasteiger partial charge in [0.05, 0.1) is 20.5 Å². The quantitative estimate of drug-likeness (QED) is 0.547. The third-order valence-corrected chi connectivity index (χ3v) is 3.93. The van der Waals surface area contributed by atoms with Crippen molar-refractivity contribution >= 4 is 28.7 Å². The normalized spacial score (nSPS) is 10.2. The van der Waals surface area contributed by atoms with Crippen LogP contribution in [0.1, 0.15) is 15.9 Å². The summed E-state index contributed by atoms with van der Waals surface area (Å²) >= 11 is 0. The number of hydrogen-bond donors (Lipinski definition) is 1. The third kappa shape index (κ3) is 5.08. The van der Waals surface area contributed by atoms with E-state index in [4.69, 9.17) is 9.47 Å². The summed E-state index contributed by atoms with van der Waals surface area (Å²) in [6, 6.07) is 6.50. The predicted octanol–water partition coefficient (Wildman–Crippen LogP) is 4.20. The summed E-state index contributed by atoms with van der Waals surface area (Å²) in [5.74, 6) is -3.34. The lowest BCUT2D eigenvalue weighted by Crippen LogP contribution is -2.12. The molecule has 0 aliphatic heterocycles. The van der Waals surface area contributed by atoms with Gasteiger partial charge >= 0.3 is 0 Å². The highest BCUT2D eigenvalue weighted by atomic mass is 79.9. The number of nitrogens with zero attached hydrogens (tertiary/aromatic N) is 2. The number of ether oxygens (including phenoxy) is 2. The molecule has 1 aromatic heterocycles. The van der Waals surface area contributed by atoms with Gasteiger partial charge in [-0.3, -0.25) is 4.79 Å². The van der Waals surface area contributed by atoms with E-state index in [1.54, 1.807) is 12.1 Å². The Morgan fingerprint density at radius 1 is 1.07 bits per heavy atom. The van der Waals surface area contributed by atoms with Crippen LogP contribution in [-0.2, 0) is 6.54 Å². The zero-order valence-electron chi connectivity index (χ0n) is 15.4. The van der Waals surface area contributed by atoms with Crippen molar-refractivity contribution in [3.8, 4) is 11.5 Å². The summed E-state index contributed by atoms with van der Waals surface area (Å²) in [5.41, 5.74) is 0.543. The second kappa shape index (κ2) is 9.46. The van der Waals surface area contributed by atoms with Crippen LogP contribution in [0.5, 0.6) is 11.5 Å². The molecule has 1 heterocycles. The monoisotopic (exact) mass is 471 g/mol. The van der Waals surface area contributed by atoms with E-state index >= 15 is 0 Å². The fourth-order valence-electron chi connectivity index (χ4n) is 2.59. The summed E-state index contributed by atoms with van der Waals surface area (Å²) in [4.78, 5) is 16.4. The molecule has 0 spiro atoms. The Morgan fingerprint density at radius 3 is 2.34 bits per heavy atom. The molecule has 1 N–H and O–H groups in total. The van der Waals surface area contributed by atoms with Crippen LogP contribution in [0.2, 0.25) is 0 Å². The number of imidazole rings is 1. The molecule has 0 radical (unpaired) electrons. The fourth-order valence-corrected chi connectivity index (χ4v) is 2.59. The summed E-state index contributed by atoms with van der Waals surface area (Å²) < 4.78 is 51.4. The largest absolute Gasteiger partial charge is 0.493 e. The molecule has 0 aliphatic rings. The van der Waals surface area contributed by atoms with Crippen LogP contribution in [0.4, 0.5) is 19.0 Å². The molecule has 10 heteroatoms. The number of benzene rings is 2. The minimum Gasteiger partial charge on any atom is -0.493 e. The van der Waals surface area contributed by atoms with Gasteiger partial charge in [0.1, 0.15) is 0 Å². The standard InChI is InChI=1S/C19H16F3N3O3.BrH/c1-27-15-4-3-12(7-16(15)28-2)19(26)24-17-9-25(10-23-17)8-11-5-13(20)18(22)14(21)6-11;/h3-7,9-10H,8H2,1-2H3,(H,24,26);1H. The van der Waals surface area contributed by atoms with Crippen LogP contribution in [0.3, 0.4) is 0 Å². The van der Waals surface area contributed by atoms with Crippen LogP contribution in [-0.4, -0.2) is 29.7 Å². The van der Waals surface area contributed by atoms with Crippen molar-refractivity contribution in [2.75, 3.05) is 19.5 Å². The topological polar surface area (TPSA) is 65.4 Å². The minimum absolute atomic E-state index is 0. The maximum Gasteiger partial charge on any atom is 0.256 e. The first-order chi connectivity index (χ1) is 13.4. The van der Waals surface area contributed by atoms with Gasteiger partial charge in [-0.25, -0.2) is 18.2 Å². The number of amides is 1. The number of halogens is 4. The Hall–Kier alpha value is -3.01. The van der Waals surface area contributed by atoms with Crippen molar-refractivity contribution in [1.82, 2.24) is 9.55 Å². The molecule has 3 rings (SSSR count). The third-order valence-electron chi connectivity index (χ3n) is 3.93. The minimum atomic E-state index is -1.52. The smallest absolute Gasteiger partial charge is 0.256 e. The average Bonchev–Trinajstić information content (AvgIpc) is 3.12. The Labute approximate surface area is 175 Å². The second-order valence-corrected chi connectivity index (χ2v) is 5.83. The summed E-state index contributed by atoms with van der Waals surface area (Å²) in [7, 11) is 2.95. The molecule has 154 valence electrons. The van der Waals surface area contributed by atoms with Gasteiger partial charge in [0.25, 0.3) is 5.91 Å². The molecule has 6 nitrogen and oxygen atoms in total. The molecular formula is C19H17BrF3N3O3. The number of aromatic nitrogens is 2. The lowest BCUT2D eigenvalue weighted by atomic mass is 10.2. The Morgan fingerprint density at radius 2 is 1.72 bits per heavy atom. The van der Waals surface area contributed by atoms with Crippen molar-refractivity contribution < 1.29 is 27.4 Å². The molecule has 0 fully saturated rings. The van der Waals surface area contributed by atoms with Gasteiger partial charge in [0.2, 0.25) is 0 Å². The van der Waals surface area contributed by atoms with Gasteiger partial charge in [-0.2, -0.15) is 0 Å². The van der Waals surface area contributed by atoms with Crippen LogP contribution >= 0.6 is 17.0 Å². The molecule has 0 bridgehead atoms. The molecular weight excluding hydrogens is 455 g/mol. The molecule has 3 aromatic rings. The highest BCUT2D eigenvalue weighted by molar-refractivity contribution is 8.93. The number of carbonyl (C=O) groups is 1. The Bertz CT molecular complexity index is 1000. The van der Waals surface area contributed by atoms with Crippen LogP contribution < -0.4 is 14.8 Å². The van der Waals surface area contributed by atoms with E-state index in [-0.39, 0.29) is 34.9 Å². The van der Waals surface area contributed by atoms with Gasteiger partial charge in [-0.05, 0) is 35.9 Å². The number of anilines is 1. The van der Waals surface area contributed by atoms with Gasteiger partial charge < -0.3 is 19.4 Å². The molecule has 0 aliphatic carbocycles. The number of nitrogens with one attached hydrogen (secondary N) is 1. The van der Waals surface area contributed by atoms with Gasteiger partial charge in [0, 0.05) is 18.3 Å². The lowest BCUT2D eigenvalue weighted by molar-refractivity contribution is 0.102. The fraction of sp³-hybridized carbons (Fsp3) is 0.158. The molecule has 0 atom stereocenters. The summed E-state index contributed by atoms with van der Waals surface area (Å²) in [5, 5.41) is 2.61. The number of hydrogen-bond acceptors (Lipinski definition) is 4. The highest BCUT2D eigenvalue weighted by Gasteiger charge is 2.13. The van der Waals surface area contributed by atoms with Crippen LogP contribution in [0.25, 0.3) is 0 Å². The molecule has 29 heavy (non-hydrogen) atoms. The first kappa shape index (κ1) is 22.3. The van der Waals surface area contributed by atoms with Crippen molar-refractivity contribution in [1.29, 1.82) is 0 Å². The molecule has 0 unspecified atom stereocenters. The lowest BCUT2D eigenvalue weighted by Gasteiger charge is -2.09. The number of methoxy groups -OCH3 is 2. The molecule has 2 aromatic carbocycles. The van der Waals surface area contributed by atoms with E-state index in [9.17, 15) is 18.0 Å². The average molecular weight is 472 g/mol. The molecule has 0 saturated heterocycles. The first-order valence-corrected chi connectivity index (χ1v) is 8.10. The number of rotatable bonds is 6. The van der Waals surface area contributed by atoms with E-state index in [0.29, 0.717) is 17.1 Å². The van der Waals surface area contributed by atoms with E-state index < -0.39 is 23.4 Å². The van der Waals surface area contributed by atoms with E-state index in [1.165, 1.54) is 37.4 Å². The Kier molecular flexibility index (Phi) is 7.27. The van der Waals surface area contributed by atoms with Gasteiger partial charge in [-0.1, -0.05) is 0 Å². The maximum atomic E-state index is 13.3. The molecule has 0 saturated carbocycles. The maximum absolute atomic E-state index is 13.3. The van der Waals surface area contributed by atoms with Crippen LogP contribution in [0, 0.1) is 17.5 Å². The van der Waals surface area contributed by atoms with Crippen molar-refractivity contribution in [2.45, 2.75) is 6.54 Å². The van der Waals surface area contributed by atoms with Crippen molar-refractivity contribution in [3.63, 3.8) is 0 Å². The zero-order valence-corrected chi connectivity index (χ0v) is 17.1. The van der Waals surface area contributed by atoms with E-state index in [2.05, 4.69) is 10.3 Å². The summed E-state index contributed by atoms with van der Waals surface area (Å²) in [6.07, 6.45) is 2.86. The predicted molar refractivity (Wildman–Crippen MR) is 105 cm³/mol.